The summed E-state index contributed by atoms with van der Waals surface area (Å²) in [5, 5.41) is 6.47. The van der Waals surface area contributed by atoms with Crippen molar-refractivity contribution in [1.29, 1.82) is 0 Å². The molecule has 0 radical (unpaired) electrons. The van der Waals surface area contributed by atoms with Gasteiger partial charge in [0.1, 0.15) is 5.82 Å². The van der Waals surface area contributed by atoms with Crippen LogP contribution in [0.5, 0.6) is 0 Å². The highest BCUT2D eigenvalue weighted by Crippen LogP contribution is 2.54. The summed E-state index contributed by atoms with van der Waals surface area (Å²) in [5.41, 5.74) is 9.31. The second-order valence-electron chi connectivity index (χ2n) is 15.1. The molecule has 0 spiro atoms. The number of rotatable bonds is 5. The topological polar surface area (TPSA) is 43.6 Å². The molecule has 274 valence electrons. The van der Waals surface area contributed by atoms with Gasteiger partial charge in [0, 0.05) is 62.7 Å². The summed E-state index contributed by atoms with van der Waals surface area (Å²) in [7, 11) is 0. The molecule has 4 heterocycles. The van der Waals surface area contributed by atoms with Gasteiger partial charge < -0.3 is 4.57 Å². The van der Waals surface area contributed by atoms with Crippen LogP contribution < -0.4 is 0 Å². The Morgan fingerprint density at radius 2 is 1.09 bits per heavy atom. The predicted octanol–water partition coefficient (Wildman–Crippen LogP) is 14.2. The van der Waals surface area contributed by atoms with Crippen LogP contribution in [0.25, 0.3) is 92.2 Å². The lowest BCUT2D eigenvalue weighted by atomic mass is 9.75. The highest BCUT2D eigenvalue weighted by Gasteiger charge is 2.37. The maximum atomic E-state index is 5.41. The van der Waals surface area contributed by atoms with Gasteiger partial charge in [0.05, 0.1) is 17.0 Å². The monoisotopic (exact) mass is 778 g/mol. The van der Waals surface area contributed by atoms with Crippen LogP contribution in [0.2, 0.25) is 0 Å². The zero-order valence-electron chi connectivity index (χ0n) is 31.5. The van der Waals surface area contributed by atoms with Crippen molar-refractivity contribution in [2.24, 2.45) is 5.92 Å². The fourth-order valence-corrected chi connectivity index (χ4v) is 11.8. The number of para-hydroxylation sites is 2. The molecule has 2 unspecified atom stereocenters. The second kappa shape index (κ2) is 13.2. The van der Waals surface area contributed by atoms with Crippen molar-refractivity contribution in [3.8, 4) is 28.5 Å². The zero-order valence-corrected chi connectivity index (χ0v) is 33.1. The predicted molar refractivity (Wildman–Crippen MR) is 245 cm³/mol. The number of benzene rings is 7. The molecule has 0 fully saturated rings. The van der Waals surface area contributed by atoms with Crippen molar-refractivity contribution in [2.45, 2.75) is 12.8 Å². The van der Waals surface area contributed by atoms with Crippen LogP contribution in [-0.4, -0.2) is 19.5 Å². The largest absolute Gasteiger partial charge is 0.309 e. The van der Waals surface area contributed by atoms with Gasteiger partial charge in [-0.2, -0.15) is 0 Å². The van der Waals surface area contributed by atoms with Crippen LogP contribution in [0.15, 0.2) is 170 Å². The van der Waals surface area contributed by atoms with Gasteiger partial charge >= 0.3 is 0 Å². The smallest absolute Gasteiger partial charge is 0.163 e. The molecule has 12 rings (SSSR count). The first-order chi connectivity index (χ1) is 28.7. The standard InChI is InChI=1S/C52H34N4S2/c1-31-38(35-24-15-26-41-46(35)36-22-11-13-25-40(36)56(41)34-20-9-4-10-21-34)30-39-48-44(29-28-43-47(48)37-23-12-14-27-42(37)57-43)58-49(39)45(31)52-54-50(32-16-5-2-6-17-32)53-51(55-52)33-18-7-3-8-19-33/h2-31,45H,1H3. The molecule has 4 nitrogen and oxygen atoms in total. The first kappa shape index (κ1) is 33.4. The molecule has 58 heavy (non-hydrogen) atoms. The number of thiophene rings is 2. The van der Waals surface area contributed by atoms with E-state index in [2.05, 4.69) is 175 Å². The third-order valence-corrected chi connectivity index (χ3v) is 14.2. The van der Waals surface area contributed by atoms with E-state index in [4.69, 9.17) is 15.0 Å². The molecule has 0 N–H and O–H groups in total. The SMILES string of the molecule is CC1C(c2cccc3c2c2ccccc2n3-c2ccccc2)=Cc2c(sc3ccc4sc5ccccc5c4c23)C1c1nc(-c2ccccc2)nc(-c2ccccc2)n1. The van der Waals surface area contributed by atoms with Gasteiger partial charge in [-0.25, -0.2) is 15.0 Å². The van der Waals surface area contributed by atoms with E-state index in [0.717, 1.165) is 22.6 Å². The second-order valence-corrected chi connectivity index (χ2v) is 17.3. The average molecular weight is 779 g/mol. The molecule has 1 aliphatic carbocycles. The van der Waals surface area contributed by atoms with Crippen molar-refractivity contribution >= 4 is 86.4 Å². The van der Waals surface area contributed by atoms with Gasteiger partial charge in [0.25, 0.3) is 0 Å². The third kappa shape index (κ3) is 5.08. The minimum Gasteiger partial charge on any atom is -0.309 e. The fourth-order valence-electron chi connectivity index (χ4n) is 9.26. The Morgan fingerprint density at radius 1 is 0.483 bits per heavy atom. The lowest BCUT2D eigenvalue weighted by Crippen LogP contribution is -2.20. The lowest BCUT2D eigenvalue weighted by molar-refractivity contribution is 0.609. The number of aromatic nitrogens is 4. The summed E-state index contributed by atoms with van der Waals surface area (Å²) >= 11 is 3.77. The molecule has 1 aliphatic rings. The average Bonchev–Trinajstić information content (AvgIpc) is 3.96. The zero-order chi connectivity index (χ0) is 38.3. The minimum absolute atomic E-state index is 0.0364. The highest BCUT2D eigenvalue weighted by atomic mass is 32.1. The molecule has 4 aromatic heterocycles. The molecule has 0 saturated heterocycles. The Bertz CT molecular complexity index is 3360. The van der Waals surface area contributed by atoms with Crippen molar-refractivity contribution in [1.82, 2.24) is 19.5 Å². The van der Waals surface area contributed by atoms with Crippen LogP contribution >= 0.6 is 22.7 Å². The van der Waals surface area contributed by atoms with Crippen LogP contribution in [0.4, 0.5) is 0 Å². The third-order valence-electron chi connectivity index (χ3n) is 11.9. The van der Waals surface area contributed by atoms with E-state index >= 15 is 0 Å². The summed E-state index contributed by atoms with van der Waals surface area (Å²) in [5.74, 6) is 2.08. The Hall–Kier alpha value is -6.73. The van der Waals surface area contributed by atoms with E-state index in [1.54, 1.807) is 0 Å². The summed E-state index contributed by atoms with van der Waals surface area (Å²) in [6, 6.07) is 60.6. The Labute approximate surface area is 343 Å². The first-order valence-corrected chi connectivity index (χ1v) is 21.4. The van der Waals surface area contributed by atoms with Gasteiger partial charge in [0.15, 0.2) is 11.6 Å². The molecule has 7 aromatic carbocycles. The first-order valence-electron chi connectivity index (χ1n) is 19.7. The maximum Gasteiger partial charge on any atom is 0.163 e. The van der Waals surface area contributed by atoms with E-state index in [0.29, 0.717) is 11.6 Å². The highest BCUT2D eigenvalue weighted by molar-refractivity contribution is 7.26. The van der Waals surface area contributed by atoms with E-state index in [1.807, 2.05) is 34.8 Å². The fraction of sp³-hybridized carbons (Fsp3) is 0.0577. The molecular formula is C52H34N4S2. The number of hydrogen-bond donors (Lipinski definition) is 0. The molecule has 0 saturated carbocycles. The van der Waals surface area contributed by atoms with Crippen LogP contribution in [0.1, 0.15) is 34.7 Å². The Morgan fingerprint density at radius 3 is 1.81 bits per heavy atom. The molecule has 0 aliphatic heterocycles. The number of hydrogen-bond acceptors (Lipinski definition) is 5. The van der Waals surface area contributed by atoms with E-state index in [1.165, 1.54) is 73.6 Å². The maximum absolute atomic E-state index is 5.41. The van der Waals surface area contributed by atoms with Gasteiger partial charge in [-0.15, -0.1) is 22.7 Å². The number of allylic oxidation sites excluding steroid dienone is 1. The minimum atomic E-state index is -0.127. The van der Waals surface area contributed by atoms with E-state index in [9.17, 15) is 0 Å². The summed E-state index contributed by atoms with van der Waals surface area (Å²) in [4.78, 5) is 17.2. The van der Waals surface area contributed by atoms with E-state index < -0.39 is 0 Å². The quantitative estimate of drug-likeness (QED) is 0.175. The van der Waals surface area contributed by atoms with Crippen LogP contribution in [-0.2, 0) is 0 Å². The molecule has 6 heteroatoms. The summed E-state index contributed by atoms with van der Waals surface area (Å²) < 4.78 is 6.32. The van der Waals surface area contributed by atoms with Crippen LogP contribution in [0.3, 0.4) is 0 Å². The van der Waals surface area contributed by atoms with Gasteiger partial charge in [0.2, 0.25) is 0 Å². The Kier molecular flexibility index (Phi) is 7.59. The molecule has 0 bridgehead atoms. The molecule has 0 amide bonds. The van der Waals surface area contributed by atoms with Crippen molar-refractivity contribution < 1.29 is 0 Å². The Balaban J connectivity index is 1.18. The lowest BCUT2D eigenvalue weighted by Gasteiger charge is -2.30. The number of nitrogens with zero attached hydrogens (tertiary/aromatic N) is 4. The molecule has 2 atom stereocenters. The summed E-state index contributed by atoms with van der Waals surface area (Å²) in [6.07, 6.45) is 2.52. The number of fused-ring (bicyclic) bond motifs is 10. The van der Waals surface area contributed by atoms with Crippen molar-refractivity contribution in [3.05, 3.63) is 192 Å². The van der Waals surface area contributed by atoms with Gasteiger partial charge in [-0.1, -0.05) is 134 Å². The van der Waals surface area contributed by atoms with Gasteiger partial charge in [-0.3, -0.25) is 0 Å². The normalized spacial score (nSPS) is 15.4. The molecule has 11 aromatic rings. The van der Waals surface area contributed by atoms with Crippen molar-refractivity contribution in [3.63, 3.8) is 0 Å². The van der Waals surface area contributed by atoms with Gasteiger partial charge in [-0.05, 0) is 71.2 Å². The van der Waals surface area contributed by atoms with Crippen molar-refractivity contribution in [2.75, 3.05) is 0 Å². The van der Waals surface area contributed by atoms with E-state index in [-0.39, 0.29) is 11.8 Å². The van der Waals surface area contributed by atoms with Crippen LogP contribution in [0, 0.1) is 5.92 Å². The summed E-state index contributed by atoms with van der Waals surface area (Å²) in [6.45, 7) is 2.38. The molecular weight excluding hydrogens is 745 g/mol.